The summed E-state index contributed by atoms with van der Waals surface area (Å²) >= 11 is 0. The van der Waals surface area contributed by atoms with Gasteiger partial charge in [0.1, 0.15) is 34.5 Å². The molecule has 3 rings (SSSR count). The molecule has 1 aromatic rings. The van der Waals surface area contributed by atoms with Gasteiger partial charge in [-0.1, -0.05) is 0 Å². The van der Waals surface area contributed by atoms with Crippen molar-refractivity contribution in [1.82, 2.24) is 10.2 Å². The summed E-state index contributed by atoms with van der Waals surface area (Å²) in [6.07, 6.45) is 0. The van der Waals surface area contributed by atoms with Crippen LogP contribution < -0.4 is 16.5 Å². The molecule has 0 aliphatic carbocycles. The van der Waals surface area contributed by atoms with Gasteiger partial charge in [-0.2, -0.15) is 0 Å². The van der Waals surface area contributed by atoms with Crippen molar-refractivity contribution in [3.05, 3.63) is 16.9 Å². The van der Waals surface area contributed by atoms with E-state index in [4.69, 9.17) is 5.73 Å². The number of carbonyl (C=O) groups is 3. The third kappa shape index (κ3) is 2.02. The van der Waals surface area contributed by atoms with Gasteiger partial charge in [0.25, 0.3) is 11.8 Å². The van der Waals surface area contributed by atoms with E-state index in [1.807, 2.05) is 5.32 Å². The summed E-state index contributed by atoms with van der Waals surface area (Å²) in [6, 6.07) is 0. The van der Waals surface area contributed by atoms with E-state index in [0.29, 0.717) is 0 Å². The second-order valence-corrected chi connectivity index (χ2v) is 7.45. The van der Waals surface area contributed by atoms with Crippen molar-refractivity contribution in [3.63, 3.8) is 0 Å². The molecule has 6 N–H and O–H groups in total. The number of phenolic OH excluding ortho intramolecular Hbond substituents is 1. The lowest BCUT2D eigenvalue weighted by Crippen LogP contribution is -2.86. The van der Waals surface area contributed by atoms with Crippen molar-refractivity contribution in [2.24, 2.45) is 0 Å². The van der Waals surface area contributed by atoms with Gasteiger partial charge in [-0.15, -0.1) is 0 Å². The molecule has 14 heteroatoms. The number of carbonyl (C=O) groups excluding carboxylic acids is 3. The van der Waals surface area contributed by atoms with Gasteiger partial charge in [0.15, 0.2) is 19.4 Å². The average Bonchev–Trinajstić information content (AvgIpc) is 2.93. The summed E-state index contributed by atoms with van der Waals surface area (Å²) in [5, 5.41) is 33.3. The molecule has 2 aliphatic rings. The second-order valence-electron chi connectivity index (χ2n) is 7.45. The number of aliphatic hydroxyl groups is 2. The largest absolute Gasteiger partial charge is 0.503 e. The first-order valence-corrected chi connectivity index (χ1v) is 8.13. The number of imide groups is 1. The molecule has 0 radical (unpaired) electrons. The molecule has 0 aromatic heterocycles. The number of nitrogens with one attached hydrogen (secondary N) is 1. The lowest BCUT2D eigenvalue weighted by atomic mass is 9.43. The van der Waals surface area contributed by atoms with E-state index in [-0.39, 0.29) is 28.8 Å². The highest BCUT2D eigenvalue weighted by Crippen LogP contribution is 2.42. The molecule has 1 aromatic carbocycles. The van der Waals surface area contributed by atoms with Crippen LogP contribution in [0.4, 0.5) is 10.1 Å². The smallest absolute Gasteiger partial charge is 0.254 e. The Bertz CT molecular complexity index is 939. The number of amides is 3. The third-order valence-electron chi connectivity index (χ3n) is 6.12. The number of halogens is 1. The average molecular weight is 373 g/mol. The molecular formula is C13H16B4FN3O6. The number of benzene rings is 1. The van der Waals surface area contributed by atoms with Crippen molar-refractivity contribution in [3.8, 4) is 5.75 Å². The summed E-state index contributed by atoms with van der Waals surface area (Å²) < 4.78 is 14.2. The highest BCUT2D eigenvalue weighted by molar-refractivity contribution is 6.47. The van der Waals surface area contributed by atoms with Crippen LogP contribution in [-0.4, -0.2) is 85.8 Å². The Kier molecular flexibility index (Phi) is 3.78. The maximum atomic E-state index is 14.2. The van der Waals surface area contributed by atoms with Gasteiger partial charge in [-0.05, 0) is 5.46 Å². The van der Waals surface area contributed by atoms with Gasteiger partial charge in [-0.25, -0.2) is 4.39 Å². The van der Waals surface area contributed by atoms with Gasteiger partial charge < -0.3 is 26.0 Å². The zero-order valence-corrected chi connectivity index (χ0v) is 15.2. The molecule has 0 bridgehead atoms. The van der Waals surface area contributed by atoms with Gasteiger partial charge in [0, 0.05) is 17.7 Å². The molecule has 3 amide bonds. The predicted octanol–water partition coefficient (Wildman–Crippen LogP) is -7.04. The van der Waals surface area contributed by atoms with Crippen molar-refractivity contribution < 1.29 is 34.1 Å². The fourth-order valence-electron chi connectivity index (χ4n) is 3.74. The number of hydrogen-bond acceptors (Lipinski definition) is 7. The number of hydrogen-bond donors (Lipinski definition) is 5. The summed E-state index contributed by atoms with van der Waals surface area (Å²) in [6.45, 7) is -0.334. The van der Waals surface area contributed by atoms with Gasteiger partial charge in [0.2, 0.25) is 5.91 Å². The Morgan fingerprint density at radius 1 is 1.15 bits per heavy atom. The van der Waals surface area contributed by atoms with Crippen LogP contribution in [0.5, 0.6) is 5.75 Å². The molecule has 2 unspecified atom stereocenters. The third-order valence-corrected chi connectivity index (χ3v) is 6.12. The van der Waals surface area contributed by atoms with E-state index in [1.165, 1.54) is 15.7 Å². The number of piperidine rings is 1. The van der Waals surface area contributed by atoms with Crippen LogP contribution in [0, 0.1) is 5.82 Å². The van der Waals surface area contributed by atoms with Gasteiger partial charge in [0.05, 0.1) is 11.2 Å². The monoisotopic (exact) mass is 373 g/mol. The van der Waals surface area contributed by atoms with E-state index in [1.54, 1.807) is 0 Å². The Balaban J connectivity index is 2.22. The fourth-order valence-corrected chi connectivity index (χ4v) is 3.74. The molecule has 2 aliphatic heterocycles. The van der Waals surface area contributed by atoms with Gasteiger partial charge >= 0.3 is 0 Å². The molecule has 138 valence electrons. The number of nitrogens with two attached hydrogens (primary N) is 1. The van der Waals surface area contributed by atoms with Crippen LogP contribution in [-0.2, 0) is 16.1 Å². The Labute approximate surface area is 156 Å². The van der Waals surface area contributed by atoms with Crippen LogP contribution >= 0.6 is 0 Å². The number of nitrogens with zero attached hydrogens (tertiary/aromatic N) is 1. The van der Waals surface area contributed by atoms with Crippen LogP contribution in [0.25, 0.3) is 0 Å². The van der Waals surface area contributed by atoms with Crippen molar-refractivity contribution in [2.45, 2.75) is 23.0 Å². The van der Waals surface area contributed by atoms with Gasteiger partial charge in [-0.3, -0.25) is 19.7 Å². The number of phenols is 1. The number of aromatic hydroxyl groups is 1. The minimum Gasteiger partial charge on any atom is -0.503 e. The SMILES string of the molecule is Bc1c(F)c(O)c(N)c2c1C(=O)N([C@]1(B)C(=O)NC(=O)C(B)(O)C1(B)O)C2. The molecule has 0 saturated carbocycles. The van der Waals surface area contributed by atoms with Crippen LogP contribution in [0.2, 0.25) is 0 Å². The zero-order valence-electron chi connectivity index (χ0n) is 15.2. The summed E-state index contributed by atoms with van der Waals surface area (Å²) in [5.41, 5.74) is -1.70. The predicted molar refractivity (Wildman–Crippen MR) is 102 cm³/mol. The number of anilines is 1. The normalized spacial score (nSPS) is 33.1. The first-order valence-electron chi connectivity index (χ1n) is 8.13. The summed E-state index contributed by atoms with van der Waals surface area (Å²) in [4.78, 5) is 38.6. The number of rotatable bonds is 1. The first-order chi connectivity index (χ1) is 12.2. The van der Waals surface area contributed by atoms with Crippen LogP contribution in [0.3, 0.4) is 0 Å². The topological polar surface area (TPSA) is 153 Å². The van der Waals surface area contributed by atoms with E-state index in [9.17, 15) is 34.1 Å². The molecular weight excluding hydrogens is 356 g/mol. The quantitative estimate of drug-likeness (QED) is 0.142. The number of nitrogen functional groups attached to an aromatic ring is 1. The van der Waals surface area contributed by atoms with E-state index in [0.717, 1.165) is 20.6 Å². The first kappa shape index (κ1) is 19.3. The van der Waals surface area contributed by atoms with E-state index in [2.05, 4.69) is 0 Å². The van der Waals surface area contributed by atoms with Crippen molar-refractivity contribution in [1.29, 1.82) is 0 Å². The van der Waals surface area contributed by atoms with Crippen LogP contribution in [0.1, 0.15) is 15.9 Å². The molecule has 3 atom stereocenters. The van der Waals surface area contributed by atoms with Crippen LogP contribution in [0.15, 0.2) is 0 Å². The molecule has 0 spiro atoms. The Morgan fingerprint density at radius 3 is 2.26 bits per heavy atom. The second kappa shape index (κ2) is 5.29. The molecule has 27 heavy (non-hydrogen) atoms. The standard InChI is InChI=1S/C13H16B4FN3O6/c14-4-3-2(6(19)7(22)5(4)18)1-21(8(3)23)11(15)9(24)20-10(25)12(16,26)13(11,17)27/h22,26-27H,1,14-17,19H2,(H,20,24,25)/t11-,12?,13?/m1/s1. The highest BCUT2D eigenvalue weighted by atomic mass is 19.1. The number of fused-ring (bicyclic) bond motifs is 1. The maximum Gasteiger partial charge on any atom is 0.254 e. The van der Waals surface area contributed by atoms with Crippen molar-refractivity contribution in [2.75, 3.05) is 5.73 Å². The lowest BCUT2D eigenvalue weighted by Gasteiger charge is -2.56. The van der Waals surface area contributed by atoms with E-state index < -0.39 is 45.7 Å². The highest BCUT2D eigenvalue weighted by Gasteiger charge is 2.68. The Hall–Kier alpha value is -2.46. The summed E-state index contributed by atoms with van der Waals surface area (Å²) in [5.74, 6) is -4.82. The maximum absolute atomic E-state index is 14.2. The fraction of sp³-hybridized carbons (Fsp3) is 0.308. The summed E-state index contributed by atoms with van der Waals surface area (Å²) in [7, 11) is 4.55. The molecule has 2 heterocycles. The lowest BCUT2D eigenvalue weighted by molar-refractivity contribution is -0.172. The van der Waals surface area contributed by atoms with E-state index >= 15 is 0 Å². The molecule has 1 fully saturated rings. The Morgan fingerprint density at radius 2 is 1.70 bits per heavy atom. The molecule has 1 saturated heterocycles. The zero-order chi connectivity index (χ0) is 20.7. The minimum absolute atomic E-state index is 0.0952. The molecule has 9 nitrogen and oxygen atoms in total. The minimum atomic E-state index is -2.40. The van der Waals surface area contributed by atoms with Crippen molar-refractivity contribution >= 4 is 60.3 Å².